The minimum absolute atomic E-state index is 0.00168. The normalized spacial score (nSPS) is 12.2. The van der Waals surface area contributed by atoms with Crippen LogP contribution in [0, 0.1) is 6.92 Å². The smallest absolute Gasteiger partial charge is 0.250 e. The molecular weight excluding hydrogens is 232 g/mol. The molecule has 0 saturated heterocycles. The lowest BCUT2D eigenvalue weighted by molar-refractivity contribution is -0.123. The van der Waals surface area contributed by atoms with E-state index in [1.54, 1.807) is 13.2 Å². The van der Waals surface area contributed by atoms with E-state index in [0.29, 0.717) is 18.0 Å². The Bertz CT molecular complexity index is 407. The van der Waals surface area contributed by atoms with Crippen LogP contribution in [0.4, 0.5) is 11.4 Å². The van der Waals surface area contributed by atoms with Crippen LogP contribution in [0.2, 0.25) is 0 Å². The predicted octanol–water partition coefficient (Wildman–Crippen LogP) is 1.57. The zero-order valence-electron chi connectivity index (χ0n) is 11.0. The highest BCUT2D eigenvalue weighted by molar-refractivity contribution is 5.92. The third kappa shape index (κ3) is 4.73. The molecule has 1 amide bonds. The van der Waals surface area contributed by atoms with Crippen LogP contribution in [0.25, 0.3) is 0 Å². The molecule has 0 aliphatic heterocycles. The Morgan fingerprint density at radius 1 is 1.50 bits per heavy atom. The number of hydrogen-bond acceptors (Lipinski definition) is 4. The van der Waals surface area contributed by atoms with E-state index in [2.05, 4.69) is 5.32 Å². The van der Waals surface area contributed by atoms with Gasteiger partial charge in [0.25, 0.3) is 0 Å². The Kier molecular flexibility index (Phi) is 5.61. The Hall–Kier alpha value is -1.59. The van der Waals surface area contributed by atoms with Crippen LogP contribution in [-0.2, 0) is 14.3 Å². The maximum Gasteiger partial charge on any atom is 0.250 e. The number of ether oxygens (including phenoxy) is 2. The van der Waals surface area contributed by atoms with Crippen molar-refractivity contribution in [2.45, 2.75) is 20.0 Å². The Labute approximate surface area is 107 Å². The van der Waals surface area contributed by atoms with E-state index < -0.39 is 0 Å². The second-order valence-electron chi connectivity index (χ2n) is 4.20. The van der Waals surface area contributed by atoms with Gasteiger partial charge in [-0.2, -0.15) is 0 Å². The number of amides is 1. The number of methoxy groups -OCH3 is 1. The summed E-state index contributed by atoms with van der Waals surface area (Å²) >= 11 is 0. The Morgan fingerprint density at radius 3 is 2.83 bits per heavy atom. The number of anilines is 2. The molecule has 1 aromatic carbocycles. The van der Waals surface area contributed by atoms with Gasteiger partial charge in [0.2, 0.25) is 5.91 Å². The molecule has 18 heavy (non-hydrogen) atoms. The molecular formula is C13H20N2O3. The van der Waals surface area contributed by atoms with Crippen molar-refractivity contribution in [1.82, 2.24) is 0 Å². The summed E-state index contributed by atoms with van der Waals surface area (Å²) < 4.78 is 10.2. The molecule has 5 heteroatoms. The fraction of sp³-hybridized carbons (Fsp3) is 0.462. The first-order valence-electron chi connectivity index (χ1n) is 5.79. The number of aryl methyl sites for hydroxylation is 1. The summed E-state index contributed by atoms with van der Waals surface area (Å²) in [6.45, 7) is 4.22. The molecule has 1 aromatic rings. The zero-order chi connectivity index (χ0) is 13.5. The van der Waals surface area contributed by atoms with Crippen LogP contribution in [0.1, 0.15) is 12.5 Å². The number of nitrogens with two attached hydrogens (primary N) is 1. The van der Waals surface area contributed by atoms with Gasteiger partial charge in [0.05, 0.1) is 12.7 Å². The molecule has 0 saturated carbocycles. The molecule has 0 fully saturated rings. The van der Waals surface area contributed by atoms with Crippen LogP contribution >= 0.6 is 0 Å². The van der Waals surface area contributed by atoms with Crippen molar-refractivity contribution in [3.63, 3.8) is 0 Å². The molecule has 0 aliphatic rings. The standard InChI is InChI=1S/C13H20N2O3/c1-9-4-5-11(6-12(9)14)15-13(16)8-18-10(2)7-17-3/h4-6,10H,7-8,14H2,1-3H3,(H,15,16). The molecule has 0 bridgehead atoms. The van der Waals surface area contributed by atoms with Gasteiger partial charge in [-0.1, -0.05) is 6.07 Å². The number of carbonyl (C=O) groups excluding carboxylic acids is 1. The first kappa shape index (κ1) is 14.5. The lowest BCUT2D eigenvalue weighted by Gasteiger charge is -2.12. The van der Waals surface area contributed by atoms with Crippen molar-refractivity contribution in [1.29, 1.82) is 0 Å². The second kappa shape index (κ2) is 6.98. The number of hydrogen-bond donors (Lipinski definition) is 2. The van der Waals surface area contributed by atoms with Gasteiger partial charge in [-0.05, 0) is 31.5 Å². The predicted molar refractivity (Wildman–Crippen MR) is 71.5 cm³/mol. The van der Waals surface area contributed by atoms with Gasteiger partial charge in [-0.15, -0.1) is 0 Å². The van der Waals surface area contributed by atoms with Gasteiger partial charge in [0.15, 0.2) is 0 Å². The van der Waals surface area contributed by atoms with Crippen molar-refractivity contribution in [2.24, 2.45) is 0 Å². The van der Waals surface area contributed by atoms with Gasteiger partial charge >= 0.3 is 0 Å². The van der Waals surface area contributed by atoms with E-state index in [1.165, 1.54) is 0 Å². The molecule has 0 heterocycles. The first-order valence-corrected chi connectivity index (χ1v) is 5.79. The molecule has 3 N–H and O–H groups in total. The van der Waals surface area contributed by atoms with Gasteiger partial charge in [0, 0.05) is 18.5 Å². The Morgan fingerprint density at radius 2 is 2.22 bits per heavy atom. The minimum atomic E-state index is -0.207. The molecule has 5 nitrogen and oxygen atoms in total. The van der Waals surface area contributed by atoms with E-state index in [0.717, 1.165) is 5.56 Å². The maximum absolute atomic E-state index is 11.6. The third-order valence-electron chi connectivity index (χ3n) is 2.46. The van der Waals surface area contributed by atoms with Gasteiger partial charge in [0.1, 0.15) is 6.61 Å². The highest BCUT2D eigenvalue weighted by Crippen LogP contribution is 2.16. The quantitative estimate of drug-likeness (QED) is 0.754. The van der Waals surface area contributed by atoms with Gasteiger partial charge in [-0.3, -0.25) is 4.79 Å². The van der Waals surface area contributed by atoms with E-state index in [4.69, 9.17) is 15.2 Å². The minimum Gasteiger partial charge on any atom is -0.398 e. The van der Waals surface area contributed by atoms with Crippen molar-refractivity contribution >= 4 is 17.3 Å². The summed E-state index contributed by atoms with van der Waals surface area (Å²) in [5, 5.41) is 2.72. The topological polar surface area (TPSA) is 73.6 Å². The van der Waals surface area contributed by atoms with E-state index in [9.17, 15) is 4.79 Å². The fourth-order valence-corrected chi connectivity index (χ4v) is 1.42. The maximum atomic E-state index is 11.6. The van der Waals surface area contributed by atoms with E-state index in [1.807, 2.05) is 26.0 Å². The summed E-state index contributed by atoms with van der Waals surface area (Å²) in [7, 11) is 1.59. The SMILES string of the molecule is COCC(C)OCC(=O)Nc1ccc(C)c(N)c1. The average Bonchev–Trinajstić information content (AvgIpc) is 2.32. The highest BCUT2D eigenvalue weighted by atomic mass is 16.5. The largest absolute Gasteiger partial charge is 0.398 e. The average molecular weight is 252 g/mol. The van der Waals surface area contributed by atoms with Crippen LogP contribution < -0.4 is 11.1 Å². The molecule has 0 spiro atoms. The first-order chi connectivity index (χ1) is 8.52. The number of nitrogen functional groups attached to an aromatic ring is 1. The number of rotatable bonds is 6. The lowest BCUT2D eigenvalue weighted by Crippen LogP contribution is -2.24. The summed E-state index contributed by atoms with van der Waals surface area (Å²) in [4.78, 5) is 11.6. The van der Waals surface area contributed by atoms with Crippen molar-refractivity contribution in [3.8, 4) is 0 Å². The van der Waals surface area contributed by atoms with E-state index in [-0.39, 0.29) is 18.6 Å². The van der Waals surface area contributed by atoms with Gasteiger partial charge < -0.3 is 20.5 Å². The monoisotopic (exact) mass is 252 g/mol. The molecule has 1 atom stereocenters. The van der Waals surface area contributed by atoms with Crippen LogP contribution in [0.5, 0.6) is 0 Å². The number of carbonyl (C=O) groups is 1. The van der Waals surface area contributed by atoms with E-state index >= 15 is 0 Å². The highest BCUT2D eigenvalue weighted by Gasteiger charge is 2.07. The third-order valence-corrected chi connectivity index (χ3v) is 2.46. The summed E-state index contributed by atoms with van der Waals surface area (Å²) in [6.07, 6.45) is -0.108. The molecule has 100 valence electrons. The van der Waals surface area contributed by atoms with Crippen LogP contribution in [0.15, 0.2) is 18.2 Å². The van der Waals surface area contributed by atoms with Gasteiger partial charge in [-0.25, -0.2) is 0 Å². The lowest BCUT2D eigenvalue weighted by atomic mass is 10.2. The van der Waals surface area contributed by atoms with Crippen molar-refractivity contribution < 1.29 is 14.3 Å². The summed E-state index contributed by atoms with van der Waals surface area (Å²) in [5.74, 6) is -0.207. The van der Waals surface area contributed by atoms with Crippen LogP contribution in [0.3, 0.4) is 0 Å². The number of nitrogens with one attached hydrogen (secondary N) is 1. The summed E-state index contributed by atoms with van der Waals surface area (Å²) in [6, 6.07) is 5.40. The fourth-order valence-electron chi connectivity index (χ4n) is 1.42. The number of benzene rings is 1. The molecule has 0 aromatic heterocycles. The van der Waals surface area contributed by atoms with Crippen molar-refractivity contribution in [2.75, 3.05) is 31.4 Å². The molecule has 0 radical (unpaired) electrons. The molecule has 1 unspecified atom stereocenters. The summed E-state index contributed by atoms with van der Waals surface area (Å²) in [5.41, 5.74) is 8.07. The van der Waals surface area contributed by atoms with Crippen LogP contribution in [-0.4, -0.2) is 32.3 Å². The van der Waals surface area contributed by atoms with Crippen molar-refractivity contribution in [3.05, 3.63) is 23.8 Å². The molecule has 0 aliphatic carbocycles. The zero-order valence-corrected chi connectivity index (χ0v) is 11.0. The molecule has 1 rings (SSSR count). The second-order valence-corrected chi connectivity index (χ2v) is 4.20. The Balaban J connectivity index is 2.42.